The average molecular weight is 446 g/mol. The zero-order valence-corrected chi connectivity index (χ0v) is 18.1. The highest BCUT2D eigenvalue weighted by atomic mass is 19.4. The standard InChI is InChI=1S/C22H25F3N6O/c1-13-19-17(27-14(2)28-20(19)29-7-3-8-29)12-31(13)21(32)15-5-9-30(11-15)16-4-6-26-18(10-16)22(23,24)25/h4,6,10,13,15H,3,5,7-9,11-12H2,1-2H3/t13-,15-/m1/s1. The van der Waals surface area contributed by atoms with Gasteiger partial charge in [0.1, 0.15) is 17.3 Å². The molecule has 5 rings (SSSR count). The highest BCUT2D eigenvalue weighted by molar-refractivity contribution is 5.82. The quantitative estimate of drug-likeness (QED) is 0.721. The smallest absolute Gasteiger partial charge is 0.371 e. The van der Waals surface area contributed by atoms with Gasteiger partial charge in [-0.15, -0.1) is 0 Å². The maximum atomic E-state index is 13.4. The molecule has 0 aromatic carbocycles. The van der Waals surface area contributed by atoms with Crippen molar-refractivity contribution in [3.05, 3.63) is 41.1 Å². The lowest BCUT2D eigenvalue weighted by atomic mass is 10.1. The van der Waals surface area contributed by atoms with Crippen LogP contribution in [0, 0.1) is 12.8 Å². The number of aryl methyl sites for hydroxylation is 1. The van der Waals surface area contributed by atoms with Crippen LogP contribution in [0.3, 0.4) is 0 Å². The normalized spacial score (nSPS) is 22.8. The SMILES string of the molecule is Cc1nc2c(c(N3CCC3)n1)[C@@H](C)N(C(=O)[C@@H]1CCN(c3ccnc(C(F)(F)F)c3)C1)C2. The van der Waals surface area contributed by atoms with Crippen LogP contribution in [0.2, 0.25) is 0 Å². The summed E-state index contributed by atoms with van der Waals surface area (Å²) in [6.07, 6.45) is -1.58. The van der Waals surface area contributed by atoms with Gasteiger partial charge in [0.2, 0.25) is 5.91 Å². The molecule has 0 radical (unpaired) electrons. The lowest BCUT2D eigenvalue weighted by Crippen LogP contribution is -2.39. The number of carbonyl (C=O) groups is 1. The van der Waals surface area contributed by atoms with Crippen LogP contribution in [-0.4, -0.2) is 51.9 Å². The van der Waals surface area contributed by atoms with Crippen molar-refractivity contribution in [1.29, 1.82) is 0 Å². The maximum Gasteiger partial charge on any atom is 0.433 e. The van der Waals surface area contributed by atoms with Crippen molar-refractivity contribution in [3.8, 4) is 0 Å². The molecule has 7 nitrogen and oxygen atoms in total. The molecule has 0 aliphatic carbocycles. The molecule has 32 heavy (non-hydrogen) atoms. The Hall–Kier alpha value is -2.91. The van der Waals surface area contributed by atoms with Crippen LogP contribution in [0.15, 0.2) is 18.3 Å². The van der Waals surface area contributed by atoms with Crippen LogP contribution in [0.4, 0.5) is 24.7 Å². The van der Waals surface area contributed by atoms with E-state index in [0.717, 1.165) is 42.7 Å². The van der Waals surface area contributed by atoms with Crippen molar-refractivity contribution in [2.24, 2.45) is 5.92 Å². The Kier molecular flexibility index (Phi) is 4.98. The Morgan fingerprint density at radius 2 is 1.94 bits per heavy atom. The molecule has 2 aromatic heterocycles. The summed E-state index contributed by atoms with van der Waals surface area (Å²) in [5.74, 6) is 1.40. The van der Waals surface area contributed by atoms with E-state index in [9.17, 15) is 18.0 Å². The van der Waals surface area contributed by atoms with Gasteiger partial charge in [0.15, 0.2) is 0 Å². The molecule has 2 saturated heterocycles. The molecule has 2 aromatic rings. The Labute approximate surface area is 184 Å². The van der Waals surface area contributed by atoms with Gasteiger partial charge in [0.25, 0.3) is 0 Å². The molecule has 10 heteroatoms. The van der Waals surface area contributed by atoms with E-state index in [0.29, 0.717) is 37.6 Å². The first-order valence-electron chi connectivity index (χ1n) is 10.9. The molecule has 0 bridgehead atoms. The number of amides is 1. The van der Waals surface area contributed by atoms with E-state index in [4.69, 9.17) is 0 Å². The fourth-order valence-electron chi connectivity index (χ4n) is 4.87. The number of hydrogen-bond donors (Lipinski definition) is 0. The van der Waals surface area contributed by atoms with Gasteiger partial charge in [0, 0.05) is 43.6 Å². The van der Waals surface area contributed by atoms with Gasteiger partial charge < -0.3 is 14.7 Å². The second-order valence-electron chi connectivity index (χ2n) is 8.77. The molecule has 0 N–H and O–H groups in total. The summed E-state index contributed by atoms with van der Waals surface area (Å²) in [4.78, 5) is 32.0. The van der Waals surface area contributed by atoms with Crippen LogP contribution in [0.5, 0.6) is 0 Å². The summed E-state index contributed by atoms with van der Waals surface area (Å²) in [5, 5.41) is 0. The molecule has 5 heterocycles. The fourth-order valence-corrected chi connectivity index (χ4v) is 4.87. The molecule has 2 fully saturated rings. The first-order chi connectivity index (χ1) is 15.2. The Morgan fingerprint density at radius 1 is 1.16 bits per heavy atom. The van der Waals surface area contributed by atoms with E-state index in [-0.39, 0.29) is 17.9 Å². The van der Waals surface area contributed by atoms with Crippen LogP contribution in [0.25, 0.3) is 0 Å². The van der Waals surface area contributed by atoms with Gasteiger partial charge in [0.05, 0.1) is 24.2 Å². The van der Waals surface area contributed by atoms with E-state index in [1.54, 1.807) is 6.07 Å². The number of halogens is 3. The van der Waals surface area contributed by atoms with E-state index in [1.165, 1.54) is 6.20 Å². The molecule has 170 valence electrons. The van der Waals surface area contributed by atoms with Gasteiger partial charge in [-0.3, -0.25) is 9.78 Å². The number of carbonyl (C=O) groups excluding carboxylic acids is 1. The van der Waals surface area contributed by atoms with E-state index in [2.05, 4.69) is 19.9 Å². The molecule has 0 unspecified atom stereocenters. The third kappa shape index (κ3) is 3.55. The maximum absolute atomic E-state index is 13.4. The number of alkyl halides is 3. The van der Waals surface area contributed by atoms with Crippen LogP contribution in [0.1, 0.15) is 48.6 Å². The molecule has 3 aliphatic rings. The number of fused-ring (bicyclic) bond motifs is 1. The first kappa shape index (κ1) is 21.0. The second-order valence-corrected chi connectivity index (χ2v) is 8.77. The molecule has 0 saturated carbocycles. The predicted molar refractivity (Wildman–Crippen MR) is 112 cm³/mol. The summed E-state index contributed by atoms with van der Waals surface area (Å²) in [5.41, 5.74) is 1.46. The number of nitrogens with zero attached hydrogens (tertiary/aromatic N) is 6. The van der Waals surface area contributed by atoms with Gasteiger partial charge >= 0.3 is 6.18 Å². The highest BCUT2D eigenvalue weighted by Crippen LogP contribution is 2.41. The molecule has 3 aliphatic heterocycles. The van der Waals surface area contributed by atoms with Gasteiger partial charge in [-0.05, 0) is 38.8 Å². The first-order valence-corrected chi connectivity index (χ1v) is 10.9. The number of aromatic nitrogens is 3. The Balaban J connectivity index is 1.32. The molecule has 2 atom stereocenters. The summed E-state index contributed by atoms with van der Waals surface area (Å²) in [6, 6.07) is 2.49. The van der Waals surface area contributed by atoms with E-state index in [1.807, 2.05) is 23.6 Å². The third-order valence-corrected chi connectivity index (χ3v) is 6.70. The Morgan fingerprint density at radius 3 is 2.62 bits per heavy atom. The monoisotopic (exact) mass is 446 g/mol. The molecular formula is C22H25F3N6O. The van der Waals surface area contributed by atoms with Crippen LogP contribution in [-0.2, 0) is 17.5 Å². The van der Waals surface area contributed by atoms with Crippen LogP contribution >= 0.6 is 0 Å². The minimum Gasteiger partial charge on any atom is -0.371 e. The predicted octanol–water partition coefficient (Wildman–Crippen LogP) is 3.34. The van der Waals surface area contributed by atoms with Gasteiger partial charge in [-0.2, -0.15) is 13.2 Å². The van der Waals surface area contributed by atoms with Crippen molar-refractivity contribution in [3.63, 3.8) is 0 Å². The Bertz CT molecular complexity index is 1050. The summed E-state index contributed by atoms with van der Waals surface area (Å²) >= 11 is 0. The number of rotatable bonds is 3. The van der Waals surface area contributed by atoms with Crippen molar-refractivity contribution in [2.75, 3.05) is 36.0 Å². The van der Waals surface area contributed by atoms with Crippen molar-refractivity contribution in [1.82, 2.24) is 19.9 Å². The molecule has 1 amide bonds. The zero-order chi connectivity index (χ0) is 22.6. The number of anilines is 2. The van der Waals surface area contributed by atoms with Crippen LogP contribution < -0.4 is 9.80 Å². The summed E-state index contributed by atoms with van der Waals surface area (Å²) in [6.45, 7) is 7.19. The number of pyridine rings is 1. The fraction of sp³-hybridized carbons (Fsp3) is 0.545. The molecule has 0 spiro atoms. The zero-order valence-electron chi connectivity index (χ0n) is 18.1. The largest absolute Gasteiger partial charge is 0.433 e. The minimum atomic E-state index is -4.49. The topological polar surface area (TPSA) is 65.5 Å². The minimum absolute atomic E-state index is 0.0234. The lowest BCUT2D eigenvalue weighted by molar-refractivity contribution is -0.141. The van der Waals surface area contributed by atoms with Crippen molar-refractivity contribution < 1.29 is 18.0 Å². The number of hydrogen-bond acceptors (Lipinski definition) is 6. The lowest BCUT2D eigenvalue weighted by Gasteiger charge is -2.34. The van der Waals surface area contributed by atoms with E-state index < -0.39 is 11.9 Å². The average Bonchev–Trinajstić information content (AvgIpc) is 3.31. The van der Waals surface area contributed by atoms with Gasteiger partial charge in [-0.25, -0.2) is 9.97 Å². The second kappa shape index (κ2) is 7.60. The van der Waals surface area contributed by atoms with Crippen molar-refractivity contribution >= 4 is 17.4 Å². The third-order valence-electron chi connectivity index (χ3n) is 6.70. The van der Waals surface area contributed by atoms with E-state index >= 15 is 0 Å². The summed E-state index contributed by atoms with van der Waals surface area (Å²) in [7, 11) is 0. The molecular weight excluding hydrogens is 421 g/mol. The van der Waals surface area contributed by atoms with Crippen molar-refractivity contribution in [2.45, 2.75) is 45.5 Å². The van der Waals surface area contributed by atoms with Gasteiger partial charge in [-0.1, -0.05) is 0 Å². The summed E-state index contributed by atoms with van der Waals surface area (Å²) < 4.78 is 39.1. The highest BCUT2D eigenvalue weighted by Gasteiger charge is 2.41.